The van der Waals surface area contributed by atoms with Crippen LogP contribution in [0.15, 0.2) is 24.3 Å². The first-order valence-electron chi connectivity index (χ1n) is 5.89. The molecule has 1 N–H and O–H groups in total. The van der Waals surface area contributed by atoms with Crippen LogP contribution in [0.4, 0.5) is 13.2 Å². The van der Waals surface area contributed by atoms with Gasteiger partial charge in [-0.25, -0.2) is 0 Å². The molecule has 0 amide bonds. The highest BCUT2D eigenvalue weighted by atomic mass is 32.2. The van der Waals surface area contributed by atoms with Crippen molar-refractivity contribution in [2.75, 3.05) is 0 Å². The van der Waals surface area contributed by atoms with Gasteiger partial charge in [0.1, 0.15) is 5.25 Å². The lowest BCUT2D eigenvalue weighted by Gasteiger charge is -2.16. The first-order chi connectivity index (χ1) is 9.12. The second-order valence-electron chi connectivity index (χ2n) is 4.72. The van der Waals surface area contributed by atoms with Gasteiger partial charge in [0, 0.05) is 16.6 Å². The van der Waals surface area contributed by atoms with Crippen LogP contribution in [0.2, 0.25) is 0 Å². The first kappa shape index (κ1) is 16.7. The average Bonchev–Trinajstić information content (AvgIpc) is 2.26. The lowest BCUT2D eigenvalue weighted by atomic mass is 10.1. The second kappa shape index (κ2) is 6.39. The largest absolute Gasteiger partial charge is 0.480 e. The van der Waals surface area contributed by atoms with Crippen LogP contribution in [0.5, 0.6) is 0 Å². The maximum absolute atomic E-state index is 12.4. The van der Waals surface area contributed by atoms with Gasteiger partial charge in [0.05, 0.1) is 5.56 Å². The fraction of sp³-hybridized carbons (Fsp3) is 0.462. The number of carboxylic acids is 1. The summed E-state index contributed by atoms with van der Waals surface area (Å²) >= 11 is 0. The van der Waals surface area contributed by atoms with Crippen LogP contribution in [0.3, 0.4) is 0 Å². The van der Waals surface area contributed by atoms with Gasteiger partial charge < -0.3 is 5.11 Å². The van der Waals surface area contributed by atoms with Crippen molar-refractivity contribution in [2.24, 2.45) is 5.92 Å². The Kier molecular flexibility index (Phi) is 5.33. The van der Waals surface area contributed by atoms with E-state index in [1.54, 1.807) is 13.8 Å². The monoisotopic (exact) mass is 308 g/mol. The van der Waals surface area contributed by atoms with Crippen molar-refractivity contribution in [3.05, 3.63) is 35.4 Å². The number of hydrogen-bond donors (Lipinski definition) is 1. The maximum Gasteiger partial charge on any atom is 0.416 e. The van der Waals surface area contributed by atoms with Gasteiger partial charge in [-0.1, -0.05) is 26.0 Å². The Morgan fingerprint density at radius 1 is 1.25 bits per heavy atom. The summed E-state index contributed by atoms with van der Waals surface area (Å²) in [4.78, 5) is 11.0. The smallest absolute Gasteiger partial charge is 0.416 e. The molecule has 7 heteroatoms. The number of carboxylic acid groups (broad SMARTS) is 1. The van der Waals surface area contributed by atoms with Crippen molar-refractivity contribution in [3.63, 3.8) is 0 Å². The molecule has 0 bridgehead atoms. The summed E-state index contributed by atoms with van der Waals surface area (Å²) in [7, 11) is -1.68. The topological polar surface area (TPSA) is 54.4 Å². The summed E-state index contributed by atoms with van der Waals surface area (Å²) in [6.45, 7) is 3.28. The molecular weight excluding hydrogens is 293 g/mol. The highest BCUT2D eigenvalue weighted by Gasteiger charge is 2.31. The minimum atomic E-state index is -4.42. The predicted octanol–water partition coefficient (Wildman–Crippen LogP) is 3.06. The zero-order chi connectivity index (χ0) is 15.5. The van der Waals surface area contributed by atoms with E-state index in [9.17, 15) is 22.2 Å². The summed E-state index contributed by atoms with van der Waals surface area (Å²) in [5.41, 5.74) is -0.367. The van der Waals surface area contributed by atoms with Crippen LogP contribution in [0.1, 0.15) is 25.0 Å². The van der Waals surface area contributed by atoms with Crippen LogP contribution in [-0.4, -0.2) is 20.5 Å². The Morgan fingerprint density at radius 2 is 1.75 bits per heavy atom. The molecule has 1 aromatic rings. The number of alkyl halides is 3. The molecule has 0 spiro atoms. The molecule has 0 heterocycles. The predicted molar refractivity (Wildman–Crippen MR) is 69.6 cm³/mol. The molecule has 0 aliphatic heterocycles. The van der Waals surface area contributed by atoms with E-state index in [2.05, 4.69) is 0 Å². The standard InChI is InChI=1S/C13H15F3O3S/c1-8(2)11(12(17)18)20(19)7-9-3-5-10(6-4-9)13(14,15)16/h3-6,8,11H,7H2,1-2H3,(H,17,18)/t11-,20+/m1/s1. The molecule has 0 unspecified atom stereocenters. The van der Waals surface area contributed by atoms with Gasteiger partial charge in [0.2, 0.25) is 0 Å². The summed E-state index contributed by atoms with van der Waals surface area (Å²) in [5.74, 6) is -1.55. The molecule has 0 radical (unpaired) electrons. The molecular formula is C13H15F3O3S. The molecule has 0 aliphatic carbocycles. The number of hydrogen-bond acceptors (Lipinski definition) is 2. The van der Waals surface area contributed by atoms with Gasteiger partial charge in [-0.2, -0.15) is 13.2 Å². The lowest BCUT2D eigenvalue weighted by Crippen LogP contribution is -2.31. The summed E-state index contributed by atoms with van der Waals surface area (Å²) in [6, 6.07) is 4.25. The van der Waals surface area contributed by atoms with Crippen LogP contribution in [-0.2, 0) is 27.5 Å². The average molecular weight is 308 g/mol. The molecule has 0 saturated heterocycles. The second-order valence-corrected chi connectivity index (χ2v) is 6.28. The van der Waals surface area contributed by atoms with Crippen LogP contribution in [0.25, 0.3) is 0 Å². The Balaban J connectivity index is 2.83. The quantitative estimate of drug-likeness (QED) is 0.909. The van der Waals surface area contributed by atoms with Gasteiger partial charge in [0.15, 0.2) is 0 Å². The molecule has 0 aromatic heterocycles. The van der Waals surface area contributed by atoms with Crippen LogP contribution < -0.4 is 0 Å². The van der Waals surface area contributed by atoms with Gasteiger partial charge in [-0.3, -0.25) is 9.00 Å². The van der Waals surface area contributed by atoms with Gasteiger partial charge in [-0.15, -0.1) is 0 Å². The van der Waals surface area contributed by atoms with Gasteiger partial charge in [0.25, 0.3) is 0 Å². The number of aliphatic carboxylic acids is 1. The van der Waals surface area contributed by atoms with E-state index in [0.717, 1.165) is 12.1 Å². The molecule has 0 saturated carbocycles. The first-order valence-corrected chi connectivity index (χ1v) is 7.27. The molecule has 0 aliphatic rings. The number of benzene rings is 1. The van der Waals surface area contributed by atoms with Crippen LogP contribution in [0, 0.1) is 5.92 Å². The van der Waals surface area contributed by atoms with E-state index in [-0.39, 0.29) is 11.7 Å². The zero-order valence-corrected chi connectivity index (χ0v) is 11.8. The van der Waals surface area contributed by atoms with Crippen molar-refractivity contribution >= 4 is 16.8 Å². The maximum atomic E-state index is 12.4. The minimum Gasteiger partial charge on any atom is -0.480 e. The number of carbonyl (C=O) groups is 1. The van der Waals surface area contributed by atoms with Gasteiger partial charge in [-0.05, 0) is 23.6 Å². The third-order valence-corrected chi connectivity index (χ3v) is 4.65. The molecule has 1 aromatic carbocycles. The van der Waals surface area contributed by atoms with E-state index >= 15 is 0 Å². The minimum absolute atomic E-state index is 0.0761. The molecule has 1 rings (SSSR count). The third kappa shape index (κ3) is 4.33. The van der Waals surface area contributed by atoms with Crippen molar-refractivity contribution in [1.29, 1.82) is 0 Å². The van der Waals surface area contributed by atoms with Crippen LogP contribution >= 0.6 is 0 Å². The van der Waals surface area contributed by atoms with E-state index in [1.807, 2.05) is 0 Å². The Morgan fingerprint density at radius 3 is 2.10 bits per heavy atom. The normalized spacial score (nSPS) is 15.1. The molecule has 112 valence electrons. The fourth-order valence-electron chi connectivity index (χ4n) is 1.75. The summed E-state index contributed by atoms with van der Waals surface area (Å²) < 4.78 is 49.1. The summed E-state index contributed by atoms with van der Waals surface area (Å²) in [5, 5.41) is 7.97. The molecule has 0 fully saturated rings. The van der Waals surface area contributed by atoms with Gasteiger partial charge >= 0.3 is 12.1 Å². The highest BCUT2D eigenvalue weighted by Crippen LogP contribution is 2.29. The van der Waals surface area contributed by atoms with E-state index in [4.69, 9.17) is 5.11 Å². The molecule has 3 nitrogen and oxygen atoms in total. The number of rotatable bonds is 5. The fourth-order valence-corrected chi connectivity index (χ4v) is 3.28. The van der Waals surface area contributed by atoms with Crippen molar-refractivity contribution in [2.45, 2.75) is 31.0 Å². The van der Waals surface area contributed by atoms with Crippen molar-refractivity contribution < 1.29 is 27.3 Å². The Labute approximate surface area is 117 Å². The van der Waals surface area contributed by atoms with E-state index in [0.29, 0.717) is 5.56 Å². The zero-order valence-electron chi connectivity index (χ0n) is 11.0. The summed E-state index contributed by atoms with van der Waals surface area (Å²) in [6.07, 6.45) is -4.42. The third-order valence-electron chi connectivity index (χ3n) is 2.72. The van der Waals surface area contributed by atoms with E-state index < -0.39 is 33.8 Å². The van der Waals surface area contributed by atoms with E-state index in [1.165, 1.54) is 12.1 Å². The molecule has 2 atom stereocenters. The lowest BCUT2D eigenvalue weighted by molar-refractivity contribution is -0.138. The van der Waals surface area contributed by atoms with Crippen molar-refractivity contribution in [3.8, 4) is 0 Å². The SMILES string of the molecule is CC(C)[C@H](C(=O)O)[S@@](=O)Cc1ccc(C(F)(F)F)cc1. The van der Waals surface area contributed by atoms with Crippen molar-refractivity contribution in [1.82, 2.24) is 0 Å². The number of halogens is 3. The Bertz CT molecular complexity index is 495. The molecule has 20 heavy (non-hydrogen) atoms. The Hall–Kier alpha value is -1.37. The highest BCUT2D eigenvalue weighted by molar-refractivity contribution is 7.85.